The van der Waals surface area contributed by atoms with E-state index in [2.05, 4.69) is 28.9 Å². The Hall–Kier alpha value is -2.76. The number of aromatic nitrogens is 1. The molecule has 1 aliphatic heterocycles. The summed E-state index contributed by atoms with van der Waals surface area (Å²) >= 11 is 0. The van der Waals surface area contributed by atoms with Gasteiger partial charge in [0.05, 0.1) is 12.7 Å². The molecule has 1 aromatic heterocycles. The zero-order valence-corrected chi connectivity index (χ0v) is 15.4. The molecule has 0 bridgehead atoms. The van der Waals surface area contributed by atoms with Crippen LogP contribution in [0.25, 0.3) is 0 Å². The highest BCUT2D eigenvalue weighted by Gasteiger charge is 2.27. The van der Waals surface area contributed by atoms with Crippen molar-refractivity contribution < 1.29 is 14.7 Å². The Morgan fingerprint density at radius 2 is 1.77 bits per heavy atom. The molecule has 0 aliphatic carbocycles. The highest BCUT2D eigenvalue weighted by Crippen LogP contribution is 2.28. The number of hydrogen-bond acceptors (Lipinski definition) is 5. The third-order valence-electron chi connectivity index (χ3n) is 4.55. The summed E-state index contributed by atoms with van der Waals surface area (Å²) in [6.45, 7) is 6.13. The number of likely N-dealkylation sites (tertiary alicyclic amines) is 1. The largest absolute Gasteiger partial charge is 0.497 e. The summed E-state index contributed by atoms with van der Waals surface area (Å²) < 4.78 is 11.1. The first kappa shape index (κ1) is 18.0. The highest BCUT2D eigenvalue weighted by molar-refractivity contribution is 6.00. The number of methoxy groups -OCH3 is 1. The second-order valence-corrected chi connectivity index (χ2v) is 6.91. The van der Waals surface area contributed by atoms with Crippen LogP contribution in [-0.2, 0) is 0 Å². The van der Waals surface area contributed by atoms with Gasteiger partial charge in [-0.1, -0.05) is 19.0 Å². The molecule has 1 fully saturated rings. The molecule has 0 spiro atoms. The zero-order chi connectivity index (χ0) is 18.5. The van der Waals surface area contributed by atoms with E-state index in [-0.39, 0.29) is 0 Å². The van der Waals surface area contributed by atoms with Gasteiger partial charge in [0.1, 0.15) is 11.5 Å². The molecule has 26 heavy (non-hydrogen) atoms. The third kappa shape index (κ3) is 4.07. The van der Waals surface area contributed by atoms with Gasteiger partial charge in [-0.3, -0.25) is 0 Å². The molecule has 1 saturated heterocycles. The van der Waals surface area contributed by atoms with Crippen LogP contribution in [0.5, 0.6) is 17.4 Å². The van der Waals surface area contributed by atoms with Gasteiger partial charge in [0.15, 0.2) is 5.84 Å². The molecule has 2 atom stereocenters. The topological polar surface area (TPSA) is 67.2 Å². The Balaban J connectivity index is 1.87. The van der Waals surface area contributed by atoms with E-state index in [1.165, 1.54) is 6.42 Å². The molecule has 2 heterocycles. The predicted molar refractivity (Wildman–Crippen MR) is 100 cm³/mol. The fraction of sp³-hybridized carbons (Fsp3) is 0.400. The molecule has 2 unspecified atom stereocenters. The summed E-state index contributed by atoms with van der Waals surface area (Å²) in [6.07, 6.45) is 2.84. The lowest BCUT2D eigenvalue weighted by Gasteiger charge is -2.36. The first-order chi connectivity index (χ1) is 12.6. The smallest absolute Gasteiger partial charge is 0.230 e. The van der Waals surface area contributed by atoms with Gasteiger partial charge >= 0.3 is 0 Å². The van der Waals surface area contributed by atoms with E-state index in [1.807, 2.05) is 36.4 Å². The standard InChI is InChI=1S/C20H25N3O3/c1-14-11-15(2)13-23(12-14)19(22-24)18-5-4-10-21-20(18)26-17-8-6-16(25-3)7-9-17/h4-10,14-15,24H,11-13H2,1-3H3/b22-19-. The van der Waals surface area contributed by atoms with E-state index >= 15 is 0 Å². The van der Waals surface area contributed by atoms with Crippen molar-refractivity contribution in [2.45, 2.75) is 20.3 Å². The van der Waals surface area contributed by atoms with Gasteiger partial charge in [-0.05, 0) is 54.7 Å². The molecule has 6 nitrogen and oxygen atoms in total. The van der Waals surface area contributed by atoms with Crippen LogP contribution in [0.3, 0.4) is 0 Å². The van der Waals surface area contributed by atoms with Crippen LogP contribution in [-0.4, -0.2) is 41.1 Å². The molecular weight excluding hydrogens is 330 g/mol. The lowest BCUT2D eigenvalue weighted by molar-refractivity contribution is 0.204. The van der Waals surface area contributed by atoms with E-state index in [4.69, 9.17) is 9.47 Å². The molecule has 138 valence electrons. The summed E-state index contributed by atoms with van der Waals surface area (Å²) in [4.78, 5) is 6.45. The molecule has 6 heteroatoms. The van der Waals surface area contributed by atoms with Gasteiger partial charge < -0.3 is 19.6 Å². The number of pyridine rings is 1. The lowest BCUT2D eigenvalue weighted by Crippen LogP contribution is -2.43. The SMILES string of the molecule is COc1ccc(Oc2ncccc2/C(=N/O)N2CC(C)CC(C)C2)cc1. The lowest BCUT2D eigenvalue weighted by atomic mass is 9.91. The highest BCUT2D eigenvalue weighted by atomic mass is 16.5. The number of hydrogen-bond donors (Lipinski definition) is 1. The van der Waals surface area contributed by atoms with Crippen molar-refractivity contribution in [3.05, 3.63) is 48.2 Å². The summed E-state index contributed by atoms with van der Waals surface area (Å²) in [6, 6.07) is 11.0. The number of nitrogens with zero attached hydrogens (tertiary/aromatic N) is 3. The normalized spacial score (nSPS) is 20.7. The molecular formula is C20H25N3O3. The monoisotopic (exact) mass is 355 g/mol. The Morgan fingerprint density at radius 1 is 1.12 bits per heavy atom. The van der Waals surface area contributed by atoms with E-state index in [9.17, 15) is 5.21 Å². The van der Waals surface area contributed by atoms with E-state index in [0.29, 0.717) is 34.9 Å². The van der Waals surface area contributed by atoms with Crippen molar-refractivity contribution in [2.75, 3.05) is 20.2 Å². The molecule has 2 aromatic rings. The van der Waals surface area contributed by atoms with Gasteiger partial charge in [0.25, 0.3) is 0 Å². The van der Waals surface area contributed by atoms with Crippen LogP contribution in [0.1, 0.15) is 25.8 Å². The maximum absolute atomic E-state index is 9.71. The predicted octanol–water partition coefficient (Wildman–Crippen LogP) is 4.00. The average Bonchev–Trinajstić information content (AvgIpc) is 2.63. The Morgan fingerprint density at radius 3 is 2.38 bits per heavy atom. The van der Waals surface area contributed by atoms with Gasteiger partial charge in [-0.2, -0.15) is 0 Å². The number of ether oxygens (including phenoxy) is 2. The molecule has 0 saturated carbocycles. The van der Waals surface area contributed by atoms with Gasteiger partial charge in [0.2, 0.25) is 5.88 Å². The first-order valence-corrected chi connectivity index (χ1v) is 8.85. The maximum Gasteiger partial charge on any atom is 0.230 e. The summed E-state index contributed by atoms with van der Waals surface area (Å²) in [5.41, 5.74) is 0.673. The van der Waals surface area contributed by atoms with Crippen LogP contribution in [0.15, 0.2) is 47.8 Å². The molecule has 0 radical (unpaired) electrons. The third-order valence-corrected chi connectivity index (χ3v) is 4.55. The number of benzene rings is 1. The minimum Gasteiger partial charge on any atom is -0.497 e. The fourth-order valence-electron chi connectivity index (χ4n) is 3.52. The van der Waals surface area contributed by atoms with Gasteiger partial charge in [0, 0.05) is 19.3 Å². The van der Waals surface area contributed by atoms with Crippen molar-refractivity contribution in [3.8, 4) is 17.4 Å². The minimum absolute atomic E-state index is 0.413. The first-order valence-electron chi connectivity index (χ1n) is 8.85. The second-order valence-electron chi connectivity index (χ2n) is 6.91. The van der Waals surface area contributed by atoms with Crippen LogP contribution in [0, 0.1) is 11.8 Å². The Bertz CT molecular complexity index is 751. The Labute approximate surface area is 154 Å². The molecule has 3 rings (SSSR count). The summed E-state index contributed by atoms with van der Waals surface area (Å²) in [5, 5.41) is 13.3. The van der Waals surface area contributed by atoms with Crippen molar-refractivity contribution >= 4 is 5.84 Å². The average molecular weight is 355 g/mol. The number of piperidine rings is 1. The van der Waals surface area contributed by atoms with E-state index in [1.54, 1.807) is 13.3 Å². The summed E-state index contributed by atoms with van der Waals surface area (Å²) in [5.74, 6) is 3.39. The van der Waals surface area contributed by atoms with Gasteiger partial charge in [-0.15, -0.1) is 0 Å². The molecule has 1 aromatic carbocycles. The van der Waals surface area contributed by atoms with E-state index in [0.717, 1.165) is 18.8 Å². The maximum atomic E-state index is 9.71. The zero-order valence-electron chi connectivity index (χ0n) is 15.4. The van der Waals surface area contributed by atoms with Crippen LogP contribution in [0.2, 0.25) is 0 Å². The van der Waals surface area contributed by atoms with Crippen LogP contribution in [0.4, 0.5) is 0 Å². The molecule has 1 N–H and O–H groups in total. The van der Waals surface area contributed by atoms with Gasteiger partial charge in [-0.25, -0.2) is 4.98 Å². The van der Waals surface area contributed by atoms with Crippen LogP contribution >= 0.6 is 0 Å². The van der Waals surface area contributed by atoms with Crippen molar-refractivity contribution in [2.24, 2.45) is 17.0 Å². The second kappa shape index (κ2) is 8.08. The van der Waals surface area contributed by atoms with Crippen molar-refractivity contribution in [3.63, 3.8) is 0 Å². The van der Waals surface area contributed by atoms with Crippen molar-refractivity contribution in [1.29, 1.82) is 0 Å². The number of amidine groups is 1. The van der Waals surface area contributed by atoms with Crippen molar-refractivity contribution in [1.82, 2.24) is 9.88 Å². The quantitative estimate of drug-likeness (QED) is 0.389. The van der Waals surface area contributed by atoms with Crippen LogP contribution < -0.4 is 9.47 Å². The number of oxime groups is 1. The summed E-state index contributed by atoms with van der Waals surface area (Å²) in [7, 11) is 1.62. The molecule has 0 amide bonds. The fourth-order valence-corrected chi connectivity index (χ4v) is 3.52. The van der Waals surface area contributed by atoms with E-state index < -0.39 is 0 Å². The Kier molecular flexibility index (Phi) is 5.61. The molecule has 1 aliphatic rings. The number of rotatable bonds is 4. The minimum atomic E-state index is 0.413.